The van der Waals surface area contributed by atoms with E-state index in [1.165, 1.54) is 95.6 Å². The summed E-state index contributed by atoms with van der Waals surface area (Å²) in [5, 5.41) is 9.38. The number of aliphatic hydroxyl groups excluding tert-OH is 1. The molecule has 3 saturated carbocycles. The van der Waals surface area contributed by atoms with E-state index in [1.807, 2.05) is 13.1 Å². The van der Waals surface area contributed by atoms with Crippen molar-refractivity contribution in [1.82, 2.24) is 0 Å². The van der Waals surface area contributed by atoms with Crippen molar-refractivity contribution in [3.8, 4) is 0 Å². The lowest BCUT2D eigenvalue weighted by atomic mass is 9.46. The quantitative estimate of drug-likeness (QED) is 0.154. The van der Waals surface area contributed by atoms with Crippen molar-refractivity contribution in [2.45, 2.75) is 171 Å². The van der Waals surface area contributed by atoms with Crippen LogP contribution in [0.3, 0.4) is 0 Å². The van der Waals surface area contributed by atoms with Gasteiger partial charge in [0.2, 0.25) is 0 Å². The van der Waals surface area contributed by atoms with Gasteiger partial charge < -0.3 is 5.11 Å². The minimum absolute atomic E-state index is 0.375. The topological polar surface area (TPSA) is 32.6 Å². The van der Waals surface area contributed by atoms with Crippen molar-refractivity contribution in [3.63, 3.8) is 0 Å². The molecule has 8 unspecified atom stereocenters. The molecule has 8 atom stereocenters. The Morgan fingerprint density at radius 1 is 0.951 bits per heavy atom. The second-order valence-electron chi connectivity index (χ2n) is 15.6. The highest BCUT2D eigenvalue weighted by Gasteiger charge is 2.59. The zero-order chi connectivity index (χ0) is 30.5. The monoisotopic (exact) mass is 572 g/mol. The Balaban J connectivity index is 0.000000503. The summed E-state index contributed by atoms with van der Waals surface area (Å²) in [4.78, 5) is 4.29. The van der Waals surface area contributed by atoms with Crippen LogP contribution in [0.1, 0.15) is 171 Å². The van der Waals surface area contributed by atoms with E-state index in [0.29, 0.717) is 17.4 Å². The fourth-order valence-electron chi connectivity index (χ4n) is 10.1. The van der Waals surface area contributed by atoms with Crippen LogP contribution in [0.2, 0.25) is 0 Å². The number of hydrogen-bond donors (Lipinski definition) is 1. The van der Waals surface area contributed by atoms with Crippen LogP contribution >= 0.6 is 0 Å². The Morgan fingerprint density at radius 3 is 2.32 bits per heavy atom. The lowest BCUT2D eigenvalue weighted by molar-refractivity contribution is -0.0953. The summed E-state index contributed by atoms with van der Waals surface area (Å²) >= 11 is 0. The van der Waals surface area contributed by atoms with Gasteiger partial charge in [-0.1, -0.05) is 106 Å². The molecule has 0 saturated heterocycles. The molecule has 2 heteroatoms. The highest BCUT2D eigenvalue weighted by molar-refractivity contribution is 5.58. The number of hydrogen-bond acceptors (Lipinski definition) is 2. The molecule has 0 aromatic heterocycles. The van der Waals surface area contributed by atoms with Crippen LogP contribution in [0.25, 0.3) is 0 Å². The van der Waals surface area contributed by atoms with Crippen molar-refractivity contribution in [2.24, 2.45) is 57.2 Å². The van der Waals surface area contributed by atoms with E-state index in [4.69, 9.17) is 0 Å². The van der Waals surface area contributed by atoms with Gasteiger partial charge in [0.15, 0.2) is 0 Å². The number of aliphatic hydroxyl groups is 1. The van der Waals surface area contributed by atoms with Crippen molar-refractivity contribution < 1.29 is 5.11 Å². The summed E-state index contributed by atoms with van der Waals surface area (Å²) in [7, 11) is 0. The van der Waals surface area contributed by atoms with E-state index in [1.54, 1.807) is 0 Å². The minimum Gasteiger partial charge on any atom is -0.396 e. The standard InChI is InChI=1S/C30H56O.C9H17N/c1-7-11-24-20-25-27(29(5,21-24)17-8-9-19-31)16-18-30(6)26(14-15-28(25)30)23(4)13-10-12-22(2)3;1-4-7-9(6-3)10-8-5-2/h22-28,31H,7-21H2,1-6H3;6,8H,4-5,7H2,1-3H3/b;9-6-,10-8?. The average Bonchev–Trinajstić information content (AvgIpc) is 3.29. The smallest absolute Gasteiger partial charge is 0.0431 e. The summed E-state index contributed by atoms with van der Waals surface area (Å²) in [6, 6.07) is 0. The predicted octanol–water partition coefficient (Wildman–Crippen LogP) is 12.1. The van der Waals surface area contributed by atoms with Crippen molar-refractivity contribution >= 4 is 6.21 Å². The second kappa shape index (κ2) is 18.2. The van der Waals surface area contributed by atoms with Crippen LogP contribution in [0, 0.1) is 52.3 Å². The van der Waals surface area contributed by atoms with Gasteiger partial charge in [0, 0.05) is 18.5 Å². The summed E-state index contributed by atoms with van der Waals surface area (Å²) < 4.78 is 0. The first-order chi connectivity index (χ1) is 19.6. The molecule has 0 spiro atoms. The maximum absolute atomic E-state index is 9.38. The maximum atomic E-state index is 9.38. The van der Waals surface area contributed by atoms with Crippen LogP contribution in [0.15, 0.2) is 16.8 Å². The maximum Gasteiger partial charge on any atom is 0.0431 e. The first kappa shape index (κ1) is 36.6. The molecule has 3 fully saturated rings. The fraction of sp³-hybridized carbons (Fsp3) is 0.923. The van der Waals surface area contributed by atoms with Gasteiger partial charge in [-0.2, -0.15) is 0 Å². The molecule has 2 nitrogen and oxygen atoms in total. The third kappa shape index (κ3) is 10.2. The number of aliphatic imine (C=N–C) groups is 1. The van der Waals surface area contributed by atoms with Crippen LogP contribution < -0.4 is 0 Å². The van der Waals surface area contributed by atoms with Gasteiger partial charge in [0.25, 0.3) is 0 Å². The summed E-state index contributed by atoms with van der Waals surface area (Å²) in [5.74, 6) is 6.61. The van der Waals surface area contributed by atoms with Gasteiger partial charge in [-0.15, -0.1) is 0 Å². The molecule has 0 amide bonds. The number of fused-ring (bicyclic) bond motifs is 3. The molecule has 0 heterocycles. The Morgan fingerprint density at radius 2 is 1.71 bits per heavy atom. The third-order valence-corrected chi connectivity index (χ3v) is 12.0. The first-order valence-corrected chi connectivity index (χ1v) is 18.4. The van der Waals surface area contributed by atoms with Gasteiger partial charge in [-0.05, 0) is 123 Å². The van der Waals surface area contributed by atoms with Crippen LogP contribution in [0.5, 0.6) is 0 Å². The lowest BCUT2D eigenvalue weighted by Crippen LogP contribution is -2.51. The van der Waals surface area contributed by atoms with Crippen molar-refractivity contribution in [3.05, 3.63) is 11.8 Å². The second-order valence-corrected chi connectivity index (χ2v) is 15.6. The van der Waals surface area contributed by atoms with Crippen molar-refractivity contribution in [1.29, 1.82) is 0 Å². The molecule has 3 aliphatic rings. The number of rotatable bonds is 15. The van der Waals surface area contributed by atoms with E-state index in [0.717, 1.165) is 60.7 Å². The van der Waals surface area contributed by atoms with Crippen LogP contribution in [-0.4, -0.2) is 17.9 Å². The summed E-state index contributed by atoms with van der Waals surface area (Å²) in [6.45, 7) is 21.8. The normalized spacial score (nSPS) is 34.3. The van der Waals surface area contributed by atoms with Gasteiger partial charge in [-0.25, -0.2) is 0 Å². The summed E-state index contributed by atoms with van der Waals surface area (Å²) in [6.07, 6.45) is 27.0. The van der Waals surface area contributed by atoms with E-state index in [-0.39, 0.29) is 0 Å². The molecule has 1 N–H and O–H groups in total. The van der Waals surface area contributed by atoms with Gasteiger partial charge >= 0.3 is 0 Å². The molecule has 0 aliphatic heterocycles. The first-order valence-electron chi connectivity index (χ1n) is 18.4. The zero-order valence-electron chi connectivity index (χ0n) is 29.3. The molecular weight excluding hydrogens is 498 g/mol. The van der Waals surface area contributed by atoms with E-state index >= 15 is 0 Å². The predicted molar refractivity (Wildman–Crippen MR) is 183 cm³/mol. The zero-order valence-corrected chi connectivity index (χ0v) is 29.3. The minimum atomic E-state index is 0.375. The molecule has 0 radical (unpaired) electrons. The number of unbranched alkanes of at least 4 members (excludes halogenated alkanes) is 1. The molecule has 3 rings (SSSR count). The summed E-state index contributed by atoms with van der Waals surface area (Å²) in [5.41, 5.74) is 2.35. The van der Waals surface area contributed by atoms with Gasteiger partial charge in [0.05, 0.1) is 0 Å². The SMILES string of the molecule is C/C=C(/CCC)N=CCC.CCCC1CC2C(CCC3(C)C(C(C)CCCC(C)C)CCC23)C(C)(CCCCO)C1. The fourth-order valence-corrected chi connectivity index (χ4v) is 10.1. The Labute approximate surface area is 258 Å². The number of allylic oxidation sites excluding steroid dienone is 2. The third-order valence-electron chi connectivity index (χ3n) is 12.0. The lowest BCUT2D eigenvalue weighted by Gasteiger charge is -2.59. The average molecular weight is 572 g/mol. The van der Waals surface area contributed by atoms with E-state index in [2.05, 4.69) is 66.5 Å². The molecule has 0 aromatic carbocycles. The number of nitrogens with zero attached hydrogens (tertiary/aromatic N) is 1. The highest BCUT2D eigenvalue weighted by Crippen LogP contribution is 2.67. The molecular formula is C39H73NO. The van der Waals surface area contributed by atoms with Crippen LogP contribution in [-0.2, 0) is 0 Å². The van der Waals surface area contributed by atoms with Gasteiger partial charge in [-0.3, -0.25) is 4.99 Å². The van der Waals surface area contributed by atoms with Crippen LogP contribution in [0.4, 0.5) is 0 Å². The molecule has 0 bridgehead atoms. The Kier molecular flexibility index (Phi) is 16.3. The van der Waals surface area contributed by atoms with E-state index < -0.39 is 0 Å². The largest absolute Gasteiger partial charge is 0.396 e. The Hall–Kier alpha value is -0.630. The van der Waals surface area contributed by atoms with Gasteiger partial charge in [0.1, 0.15) is 0 Å². The molecule has 3 aliphatic carbocycles. The molecule has 240 valence electrons. The molecule has 0 aromatic rings. The van der Waals surface area contributed by atoms with Crippen molar-refractivity contribution in [2.75, 3.05) is 6.61 Å². The molecule has 41 heavy (non-hydrogen) atoms. The van der Waals surface area contributed by atoms with E-state index in [9.17, 15) is 5.11 Å². The highest BCUT2D eigenvalue weighted by atomic mass is 16.2. The Bertz CT molecular complexity index is 770.